The maximum atomic E-state index is 12.2. The van der Waals surface area contributed by atoms with E-state index in [4.69, 9.17) is 10.5 Å². The smallest absolute Gasteiger partial charge is 0.329 e. The quantitative estimate of drug-likeness (QED) is 0.735. The van der Waals surface area contributed by atoms with Gasteiger partial charge in [-0.1, -0.05) is 0 Å². The number of ether oxygens (including phenoxy) is 1. The highest BCUT2D eigenvalue weighted by Crippen LogP contribution is 2.28. The normalized spacial score (nSPS) is 25.8. The number of carboxylic acid groups (broad SMARTS) is 1. The van der Waals surface area contributed by atoms with Crippen LogP contribution in [0.25, 0.3) is 0 Å². The highest BCUT2D eigenvalue weighted by Gasteiger charge is 2.44. The fourth-order valence-corrected chi connectivity index (χ4v) is 2.27. The molecule has 1 rings (SSSR count). The van der Waals surface area contributed by atoms with Crippen molar-refractivity contribution in [3.8, 4) is 0 Å². The van der Waals surface area contributed by atoms with Gasteiger partial charge in [0, 0.05) is 20.3 Å². The Kier molecular flexibility index (Phi) is 5.10. The summed E-state index contributed by atoms with van der Waals surface area (Å²) in [5.41, 5.74) is 4.67. The molecule has 0 aromatic rings. The molecule has 6 heteroatoms. The molecule has 1 aliphatic heterocycles. The van der Waals surface area contributed by atoms with Crippen LogP contribution in [0.15, 0.2) is 0 Å². The zero-order chi connectivity index (χ0) is 13.8. The number of carboxylic acids is 1. The highest BCUT2D eigenvalue weighted by atomic mass is 16.5. The SMILES string of the molecule is COCCC(N)C(=O)N1CCCCC1(C)C(=O)O. The maximum Gasteiger partial charge on any atom is 0.329 e. The van der Waals surface area contributed by atoms with E-state index in [2.05, 4.69) is 0 Å². The predicted octanol–water partition coefficient (Wildman–Crippen LogP) is 0.206. The monoisotopic (exact) mass is 258 g/mol. The summed E-state index contributed by atoms with van der Waals surface area (Å²) < 4.78 is 4.88. The lowest BCUT2D eigenvalue weighted by Crippen LogP contribution is -2.60. The van der Waals surface area contributed by atoms with Crippen molar-refractivity contribution < 1.29 is 19.4 Å². The molecule has 0 aliphatic carbocycles. The summed E-state index contributed by atoms with van der Waals surface area (Å²) in [6.45, 7) is 2.45. The number of hydrogen-bond donors (Lipinski definition) is 2. The molecule has 1 aliphatic rings. The first-order valence-electron chi connectivity index (χ1n) is 6.23. The number of likely N-dealkylation sites (tertiary alicyclic amines) is 1. The molecule has 2 atom stereocenters. The van der Waals surface area contributed by atoms with Crippen molar-refractivity contribution in [3.63, 3.8) is 0 Å². The van der Waals surface area contributed by atoms with Gasteiger partial charge in [-0.25, -0.2) is 4.79 Å². The fourth-order valence-electron chi connectivity index (χ4n) is 2.27. The number of rotatable bonds is 5. The van der Waals surface area contributed by atoms with Crippen LogP contribution in [0.4, 0.5) is 0 Å². The van der Waals surface area contributed by atoms with E-state index in [1.54, 1.807) is 14.0 Å². The zero-order valence-electron chi connectivity index (χ0n) is 11.0. The number of methoxy groups -OCH3 is 1. The van der Waals surface area contributed by atoms with E-state index in [0.717, 1.165) is 12.8 Å². The Morgan fingerprint density at radius 3 is 2.72 bits per heavy atom. The minimum atomic E-state index is -1.12. The molecule has 0 aromatic heterocycles. The average Bonchev–Trinajstić information content (AvgIpc) is 2.35. The summed E-state index contributed by atoms with van der Waals surface area (Å²) >= 11 is 0. The predicted molar refractivity (Wildman–Crippen MR) is 66.1 cm³/mol. The Morgan fingerprint density at radius 2 is 2.17 bits per heavy atom. The van der Waals surface area contributed by atoms with Crippen molar-refractivity contribution in [2.45, 2.75) is 44.2 Å². The van der Waals surface area contributed by atoms with Crippen LogP contribution < -0.4 is 5.73 Å². The Labute approximate surface area is 107 Å². The third-order valence-corrected chi connectivity index (χ3v) is 3.57. The van der Waals surface area contributed by atoms with Crippen LogP contribution in [-0.2, 0) is 14.3 Å². The Hall–Kier alpha value is -1.14. The number of hydrogen-bond acceptors (Lipinski definition) is 4. The van der Waals surface area contributed by atoms with Gasteiger partial charge in [-0.05, 0) is 32.6 Å². The molecule has 18 heavy (non-hydrogen) atoms. The number of nitrogens with two attached hydrogens (primary N) is 1. The summed E-state index contributed by atoms with van der Waals surface area (Å²) in [7, 11) is 1.54. The third-order valence-electron chi connectivity index (χ3n) is 3.57. The molecule has 1 saturated heterocycles. The van der Waals surface area contributed by atoms with E-state index < -0.39 is 17.6 Å². The molecule has 2 unspecified atom stereocenters. The van der Waals surface area contributed by atoms with Crippen LogP contribution in [0.2, 0.25) is 0 Å². The molecule has 0 radical (unpaired) electrons. The summed E-state index contributed by atoms with van der Waals surface area (Å²) in [5, 5.41) is 9.32. The number of amides is 1. The van der Waals surface area contributed by atoms with Crippen molar-refractivity contribution in [1.82, 2.24) is 4.90 Å². The first-order valence-corrected chi connectivity index (χ1v) is 6.23. The van der Waals surface area contributed by atoms with Gasteiger partial charge in [0.2, 0.25) is 5.91 Å². The lowest BCUT2D eigenvalue weighted by atomic mass is 9.87. The van der Waals surface area contributed by atoms with Crippen LogP contribution >= 0.6 is 0 Å². The molecular formula is C12H22N2O4. The van der Waals surface area contributed by atoms with Gasteiger partial charge in [0.1, 0.15) is 5.54 Å². The van der Waals surface area contributed by atoms with E-state index in [9.17, 15) is 14.7 Å². The van der Waals surface area contributed by atoms with Crippen molar-refractivity contribution in [2.75, 3.05) is 20.3 Å². The molecule has 1 heterocycles. The zero-order valence-corrected chi connectivity index (χ0v) is 11.0. The Bertz CT molecular complexity index is 321. The number of carbonyl (C=O) groups excluding carboxylic acids is 1. The first kappa shape index (κ1) is 14.9. The maximum absolute atomic E-state index is 12.2. The van der Waals surface area contributed by atoms with E-state index in [1.165, 1.54) is 4.90 Å². The fraction of sp³-hybridized carbons (Fsp3) is 0.833. The minimum absolute atomic E-state index is 0.295. The van der Waals surface area contributed by atoms with Crippen molar-refractivity contribution in [3.05, 3.63) is 0 Å². The number of piperidine rings is 1. The lowest BCUT2D eigenvalue weighted by molar-refractivity contribution is -0.161. The second-order valence-electron chi connectivity index (χ2n) is 4.91. The molecule has 0 aromatic carbocycles. The number of carbonyl (C=O) groups is 2. The van der Waals surface area contributed by atoms with E-state index in [1.807, 2.05) is 0 Å². The summed E-state index contributed by atoms with van der Waals surface area (Å²) in [5.74, 6) is -1.26. The van der Waals surface area contributed by atoms with Crippen LogP contribution in [0.5, 0.6) is 0 Å². The van der Waals surface area contributed by atoms with Gasteiger partial charge in [0.05, 0.1) is 6.04 Å². The molecule has 1 amide bonds. The van der Waals surface area contributed by atoms with E-state index in [0.29, 0.717) is 26.0 Å². The molecule has 1 fully saturated rings. The van der Waals surface area contributed by atoms with Crippen molar-refractivity contribution >= 4 is 11.9 Å². The molecule has 6 nitrogen and oxygen atoms in total. The number of aliphatic carboxylic acids is 1. The molecule has 3 N–H and O–H groups in total. The molecule has 0 saturated carbocycles. The van der Waals surface area contributed by atoms with Crippen LogP contribution in [0.3, 0.4) is 0 Å². The van der Waals surface area contributed by atoms with Gasteiger partial charge in [0.15, 0.2) is 0 Å². The van der Waals surface area contributed by atoms with E-state index in [-0.39, 0.29) is 5.91 Å². The molecule has 0 bridgehead atoms. The largest absolute Gasteiger partial charge is 0.480 e. The molecule has 104 valence electrons. The van der Waals surface area contributed by atoms with Gasteiger partial charge in [-0.15, -0.1) is 0 Å². The minimum Gasteiger partial charge on any atom is -0.480 e. The molecular weight excluding hydrogens is 236 g/mol. The summed E-state index contributed by atoms with van der Waals surface area (Å²) in [4.78, 5) is 25.0. The third kappa shape index (κ3) is 3.00. The topological polar surface area (TPSA) is 92.9 Å². The van der Waals surface area contributed by atoms with Crippen LogP contribution in [-0.4, -0.2) is 53.7 Å². The van der Waals surface area contributed by atoms with Crippen LogP contribution in [0.1, 0.15) is 32.6 Å². The summed E-state index contributed by atoms with van der Waals surface area (Å²) in [6, 6.07) is -0.693. The Morgan fingerprint density at radius 1 is 1.50 bits per heavy atom. The first-order chi connectivity index (χ1) is 8.43. The van der Waals surface area contributed by atoms with Gasteiger partial charge >= 0.3 is 5.97 Å². The Balaban J connectivity index is 2.77. The molecule has 0 spiro atoms. The highest BCUT2D eigenvalue weighted by molar-refractivity contribution is 5.89. The van der Waals surface area contributed by atoms with Crippen molar-refractivity contribution in [2.24, 2.45) is 5.73 Å². The van der Waals surface area contributed by atoms with E-state index >= 15 is 0 Å². The second kappa shape index (κ2) is 6.15. The van der Waals surface area contributed by atoms with Crippen molar-refractivity contribution in [1.29, 1.82) is 0 Å². The van der Waals surface area contributed by atoms with Gasteiger partial charge in [0.25, 0.3) is 0 Å². The lowest BCUT2D eigenvalue weighted by Gasteiger charge is -2.42. The van der Waals surface area contributed by atoms with Gasteiger partial charge in [-0.2, -0.15) is 0 Å². The standard InChI is InChI=1S/C12H22N2O4/c1-12(11(16)17)6-3-4-7-14(12)10(15)9(13)5-8-18-2/h9H,3-8,13H2,1-2H3,(H,16,17). The summed E-state index contributed by atoms with van der Waals surface area (Å²) in [6.07, 6.45) is 2.53. The van der Waals surface area contributed by atoms with Gasteiger partial charge < -0.3 is 20.5 Å². The average molecular weight is 258 g/mol. The van der Waals surface area contributed by atoms with Gasteiger partial charge in [-0.3, -0.25) is 4.79 Å². The number of nitrogens with zero attached hydrogens (tertiary/aromatic N) is 1. The second-order valence-corrected chi connectivity index (χ2v) is 4.91. The van der Waals surface area contributed by atoms with Crippen LogP contribution in [0, 0.1) is 0 Å².